The van der Waals surface area contributed by atoms with E-state index in [4.69, 9.17) is 4.74 Å². The molecule has 1 atom stereocenters. The summed E-state index contributed by atoms with van der Waals surface area (Å²) in [5, 5.41) is 11.2. The van der Waals surface area contributed by atoms with Crippen LogP contribution >= 0.6 is 11.3 Å². The van der Waals surface area contributed by atoms with E-state index in [1.807, 2.05) is 13.8 Å². The number of amides is 1. The standard InChI is InChI=1S/C20H23N7O4S2/c1-3-14(15-8-5-12(9-22-15)27-33(29,30)13-6-7-13)24-18(28)20-26-25-19(32-20)16-10-21-11-17(23-16)31-4-2/h5,8-11,13-14,27H,3-4,6-7H2,1-2H3,(H,24,28)/t14-/m1/s1. The number of pyridine rings is 1. The topological polar surface area (TPSA) is 149 Å². The highest BCUT2D eigenvalue weighted by atomic mass is 32.2. The van der Waals surface area contributed by atoms with Gasteiger partial charge in [-0.25, -0.2) is 13.4 Å². The Labute approximate surface area is 195 Å². The smallest absolute Gasteiger partial charge is 0.282 e. The summed E-state index contributed by atoms with van der Waals surface area (Å²) in [6, 6.07) is 2.96. The highest BCUT2D eigenvalue weighted by Gasteiger charge is 2.35. The van der Waals surface area contributed by atoms with Crippen LogP contribution < -0.4 is 14.8 Å². The molecule has 0 radical (unpaired) electrons. The molecule has 3 heterocycles. The number of carbonyl (C=O) groups excluding carboxylic acids is 1. The summed E-state index contributed by atoms with van der Waals surface area (Å²) in [5.41, 5.74) is 1.48. The van der Waals surface area contributed by atoms with Crippen molar-refractivity contribution in [2.45, 2.75) is 44.4 Å². The fourth-order valence-electron chi connectivity index (χ4n) is 2.99. The molecule has 3 aromatic rings. The van der Waals surface area contributed by atoms with Crippen molar-refractivity contribution in [1.29, 1.82) is 0 Å². The molecule has 1 amide bonds. The average Bonchev–Trinajstić information content (AvgIpc) is 3.56. The van der Waals surface area contributed by atoms with Gasteiger partial charge in [0.05, 0.1) is 47.9 Å². The molecule has 0 unspecified atom stereocenters. The van der Waals surface area contributed by atoms with E-state index in [-0.39, 0.29) is 22.2 Å². The lowest BCUT2D eigenvalue weighted by molar-refractivity contribution is 0.0933. The van der Waals surface area contributed by atoms with Crippen molar-refractivity contribution in [1.82, 2.24) is 30.5 Å². The monoisotopic (exact) mass is 489 g/mol. The molecule has 174 valence electrons. The molecule has 3 aromatic heterocycles. The van der Waals surface area contributed by atoms with Gasteiger partial charge in [-0.3, -0.25) is 19.5 Å². The van der Waals surface area contributed by atoms with Crippen molar-refractivity contribution in [3.05, 3.63) is 41.4 Å². The predicted octanol–water partition coefficient (Wildman–Crippen LogP) is 2.57. The van der Waals surface area contributed by atoms with Gasteiger partial charge in [0.2, 0.25) is 20.9 Å². The maximum atomic E-state index is 12.8. The van der Waals surface area contributed by atoms with Gasteiger partial charge in [0.1, 0.15) is 5.69 Å². The number of ether oxygens (including phenoxy) is 1. The highest BCUT2D eigenvalue weighted by molar-refractivity contribution is 7.93. The first-order chi connectivity index (χ1) is 15.9. The van der Waals surface area contributed by atoms with Crippen LogP contribution in [0.2, 0.25) is 0 Å². The third-order valence-corrected chi connectivity index (χ3v) is 7.64. The van der Waals surface area contributed by atoms with Gasteiger partial charge in [0.15, 0.2) is 5.01 Å². The fraction of sp³-hybridized carbons (Fsp3) is 0.400. The number of aromatic nitrogens is 5. The number of hydrogen-bond donors (Lipinski definition) is 2. The minimum atomic E-state index is -3.35. The molecule has 11 nitrogen and oxygen atoms in total. The summed E-state index contributed by atoms with van der Waals surface area (Å²) in [6.45, 7) is 4.22. The third-order valence-electron chi connectivity index (χ3n) is 4.82. The quantitative estimate of drug-likeness (QED) is 0.438. The molecule has 4 rings (SSSR count). The molecule has 1 fully saturated rings. The maximum absolute atomic E-state index is 12.8. The van der Waals surface area contributed by atoms with Gasteiger partial charge in [0, 0.05) is 0 Å². The molecule has 33 heavy (non-hydrogen) atoms. The van der Waals surface area contributed by atoms with Gasteiger partial charge in [-0.15, -0.1) is 10.2 Å². The van der Waals surface area contributed by atoms with E-state index in [9.17, 15) is 13.2 Å². The van der Waals surface area contributed by atoms with Gasteiger partial charge in [0.25, 0.3) is 5.91 Å². The second-order valence-corrected chi connectivity index (χ2v) is 10.3. The number of anilines is 1. The summed E-state index contributed by atoms with van der Waals surface area (Å²) in [5.74, 6) is -0.0176. The third kappa shape index (κ3) is 5.60. The average molecular weight is 490 g/mol. The Bertz CT molecular complexity index is 1230. The van der Waals surface area contributed by atoms with E-state index in [0.717, 1.165) is 11.3 Å². The number of nitrogens with one attached hydrogen (secondary N) is 2. The SMILES string of the molecule is CCOc1cncc(-c2nnc(C(=O)N[C@H](CC)c3ccc(NS(=O)(=O)C4CC4)cn3)s2)n1. The number of hydrogen-bond acceptors (Lipinski definition) is 10. The van der Waals surface area contributed by atoms with E-state index in [0.29, 0.717) is 53.8 Å². The van der Waals surface area contributed by atoms with Crippen LogP contribution in [-0.4, -0.2) is 51.3 Å². The van der Waals surface area contributed by atoms with E-state index in [1.54, 1.807) is 12.1 Å². The summed E-state index contributed by atoms with van der Waals surface area (Å²) in [7, 11) is -3.35. The summed E-state index contributed by atoms with van der Waals surface area (Å²) >= 11 is 1.10. The lowest BCUT2D eigenvalue weighted by Crippen LogP contribution is -2.28. The molecule has 0 spiro atoms. The first-order valence-corrected chi connectivity index (χ1v) is 12.8. The van der Waals surface area contributed by atoms with E-state index < -0.39 is 10.0 Å². The van der Waals surface area contributed by atoms with Crippen LogP contribution in [0.25, 0.3) is 10.7 Å². The molecule has 2 N–H and O–H groups in total. The normalized spacial score (nSPS) is 14.5. The Balaban J connectivity index is 1.42. The van der Waals surface area contributed by atoms with Gasteiger partial charge >= 0.3 is 0 Å². The lowest BCUT2D eigenvalue weighted by atomic mass is 10.1. The van der Waals surface area contributed by atoms with Crippen molar-refractivity contribution >= 4 is 33.0 Å². The summed E-state index contributed by atoms with van der Waals surface area (Å²) < 4.78 is 32.0. The van der Waals surface area contributed by atoms with Crippen LogP contribution in [0.3, 0.4) is 0 Å². The van der Waals surface area contributed by atoms with E-state index in [2.05, 4.69) is 35.2 Å². The van der Waals surface area contributed by atoms with E-state index in [1.165, 1.54) is 18.6 Å². The molecular formula is C20H23N7O4S2. The second-order valence-electron chi connectivity index (χ2n) is 7.34. The highest BCUT2D eigenvalue weighted by Crippen LogP contribution is 2.30. The minimum absolute atomic E-state index is 0.181. The van der Waals surface area contributed by atoms with E-state index >= 15 is 0 Å². The van der Waals surface area contributed by atoms with Gasteiger partial charge in [-0.05, 0) is 38.3 Å². The molecule has 0 aliphatic heterocycles. The van der Waals surface area contributed by atoms with Crippen LogP contribution in [0.4, 0.5) is 5.69 Å². The molecule has 1 aliphatic rings. The minimum Gasteiger partial charge on any atom is -0.477 e. The van der Waals surface area contributed by atoms with Crippen molar-refractivity contribution in [2.75, 3.05) is 11.3 Å². The van der Waals surface area contributed by atoms with Gasteiger partial charge in [-0.1, -0.05) is 18.3 Å². The Morgan fingerprint density at radius 3 is 2.70 bits per heavy atom. The van der Waals surface area contributed by atoms with Crippen molar-refractivity contribution in [3.8, 4) is 16.6 Å². The van der Waals surface area contributed by atoms with Crippen molar-refractivity contribution in [3.63, 3.8) is 0 Å². The lowest BCUT2D eigenvalue weighted by Gasteiger charge is -2.16. The Hall–Kier alpha value is -3.19. The van der Waals surface area contributed by atoms with Gasteiger partial charge < -0.3 is 10.1 Å². The summed E-state index contributed by atoms with van der Waals surface area (Å²) in [4.78, 5) is 25.5. The molecule has 1 saturated carbocycles. The zero-order chi connectivity index (χ0) is 23.4. The van der Waals surface area contributed by atoms with Crippen molar-refractivity contribution < 1.29 is 17.9 Å². The maximum Gasteiger partial charge on any atom is 0.282 e. The van der Waals surface area contributed by atoms with Crippen LogP contribution in [0.5, 0.6) is 5.88 Å². The largest absolute Gasteiger partial charge is 0.477 e. The molecule has 0 aromatic carbocycles. The predicted molar refractivity (Wildman–Crippen MR) is 122 cm³/mol. The zero-order valence-corrected chi connectivity index (χ0v) is 19.7. The van der Waals surface area contributed by atoms with Crippen LogP contribution in [-0.2, 0) is 10.0 Å². The molecule has 0 bridgehead atoms. The molecule has 1 aliphatic carbocycles. The Morgan fingerprint density at radius 1 is 1.21 bits per heavy atom. The molecular weight excluding hydrogens is 466 g/mol. The van der Waals surface area contributed by atoms with Gasteiger partial charge in [-0.2, -0.15) is 0 Å². The zero-order valence-electron chi connectivity index (χ0n) is 18.1. The molecule has 0 saturated heterocycles. The number of rotatable bonds is 10. The number of nitrogens with zero attached hydrogens (tertiary/aromatic N) is 5. The van der Waals surface area contributed by atoms with Crippen LogP contribution in [0.15, 0.2) is 30.7 Å². The number of sulfonamides is 1. The first kappa shape index (κ1) is 23.0. The van der Waals surface area contributed by atoms with Crippen LogP contribution in [0, 0.1) is 0 Å². The first-order valence-electron chi connectivity index (χ1n) is 10.5. The Kier molecular flexibility index (Phi) is 6.79. The number of carbonyl (C=O) groups is 1. The van der Waals surface area contributed by atoms with Crippen LogP contribution in [0.1, 0.15) is 54.6 Å². The molecule has 13 heteroatoms. The second kappa shape index (κ2) is 9.75. The Morgan fingerprint density at radius 2 is 2.03 bits per heavy atom. The fourth-order valence-corrected chi connectivity index (χ4v) is 5.06. The summed E-state index contributed by atoms with van der Waals surface area (Å²) in [6.07, 6.45) is 6.44. The van der Waals surface area contributed by atoms with Crippen molar-refractivity contribution in [2.24, 2.45) is 0 Å².